The van der Waals surface area contributed by atoms with Crippen LogP contribution in [0.25, 0.3) is 11.2 Å². The van der Waals surface area contributed by atoms with Gasteiger partial charge in [-0.05, 0) is 0 Å². The van der Waals surface area contributed by atoms with Gasteiger partial charge in [-0.2, -0.15) is 9.71 Å². The van der Waals surface area contributed by atoms with Crippen LogP contribution in [0, 0.1) is 0 Å². The molecule has 0 amide bonds. The van der Waals surface area contributed by atoms with E-state index in [1.165, 1.54) is 22.8 Å². The Balaban J connectivity index is 0.00000132. The predicted molar refractivity (Wildman–Crippen MR) is 77.1 cm³/mol. The number of hydrogen-bond donors (Lipinski definition) is 3. The molecule has 0 radical (unpaired) electrons. The summed E-state index contributed by atoms with van der Waals surface area (Å²) in [5, 5.41) is -0.101. The van der Waals surface area contributed by atoms with Crippen LogP contribution in [-0.4, -0.2) is 48.5 Å². The van der Waals surface area contributed by atoms with Crippen LogP contribution in [-0.2, 0) is 9.09 Å². The molecule has 1 aliphatic heterocycles. The summed E-state index contributed by atoms with van der Waals surface area (Å²) in [4.78, 5) is 36.5. The molecule has 2 aromatic heterocycles. The van der Waals surface area contributed by atoms with Crippen LogP contribution < -0.4 is 45.7 Å². The van der Waals surface area contributed by atoms with Crippen LogP contribution in [0.2, 0.25) is 0 Å². The monoisotopic (exact) mass is 357 g/mol. The van der Waals surface area contributed by atoms with E-state index in [2.05, 4.69) is 15.0 Å². The van der Waals surface area contributed by atoms with Gasteiger partial charge in [-0.1, -0.05) is 0 Å². The van der Waals surface area contributed by atoms with Gasteiger partial charge < -0.3 is 21.4 Å². The van der Waals surface area contributed by atoms with Crippen LogP contribution in [0.15, 0.2) is 11.1 Å². The molecule has 0 bridgehead atoms. The molecule has 1 saturated heterocycles. The van der Waals surface area contributed by atoms with Crippen molar-refractivity contribution < 1.29 is 49.8 Å². The van der Waals surface area contributed by atoms with Crippen molar-refractivity contribution in [2.75, 3.05) is 24.4 Å². The molecular weight excluding hydrogens is 344 g/mol. The molecule has 116 valence electrons. The fourth-order valence-electron chi connectivity index (χ4n) is 1.75. The number of imidazole rings is 1. The van der Waals surface area contributed by atoms with Gasteiger partial charge in [0.2, 0.25) is 11.6 Å². The number of nitrogens with zero attached hydrogens (tertiary/aromatic N) is 3. The van der Waals surface area contributed by atoms with Crippen LogP contribution in [0.4, 0.5) is 5.95 Å². The van der Waals surface area contributed by atoms with Crippen molar-refractivity contribution in [1.82, 2.24) is 19.7 Å². The Morgan fingerprint density at radius 3 is 3.18 bits per heavy atom. The summed E-state index contributed by atoms with van der Waals surface area (Å²) >= 11 is 1.29. The molecule has 0 aliphatic carbocycles. The molecular formula is C9H13N5NaO5PS. The van der Waals surface area contributed by atoms with Gasteiger partial charge in [0.15, 0.2) is 5.52 Å². The number of aromatic nitrogens is 4. The molecule has 22 heavy (non-hydrogen) atoms. The topological polar surface area (TPSA) is 145 Å². The van der Waals surface area contributed by atoms with E-state index in [-0.39, 0.29) is 72.1 Å². The van der Waals surface area contributed by atoms with E-state index >= 15 is 0 Å². The summed E-state index contributed by atoms with van der Waals surface area (Å²) in [6.07, 6.45) is 1.32. The molecule has 3 rings (SSSR count). The zero-order valence-corrected chi connectivity index (χ0v) is 15.3. The van der Waals surface area contributed by atoms with Gasteiger partial charge in [-0.25, -0.2) is 4.98 Å². The number of anilines is 1. The zero-order chi connectivity index (χ0) is 15.0. The van der Waals surface area contributed by atoms with Gasteiger partial charge in [0.1, 0.15) is 12.9 Å². The zero-order valence-electron chi connectivity index (χ0n) is 12.6. The molecule has 2 aromatic rings. The van der Waals surface area contributed by atoms with Crippen molar-refractivity contribution >= 4 is 36.5 Å². The van der Waals surface area contributed by atoms with E-state index in [0.717, 1.165) is 0 Å². The minimum absolute atomic E-state index is 0. The largest absolute Gasteiger partial charge is 1.00 e. The van der Waals surface area contributed by atoms with E-state index in [1.54, 1.807) is 0 Å². The number of nitrogens with one attached hydrogen (secondary N) is 1. The predicted octanol–water partition coefficient (Wildman–Crippen LogP) is -3.48. The number of fused-ring (bicyclic) bond motifs is 1. The first-order chi connectivity index (χ1) is 9.94. The molecule has 10 nitrogen and oxygen atoms in total. The average molecular weight is 357 g/mol. The Bertz CT molecular complexity index is 775. The van der Waals surface area contributed by atoms with Crippen LogP contribution in [0.5, 0.6) is 0 Å². The second-order valence-corrected chi connectivity index (χ2v) is 7.91. The second kappa shape index (κ2) is 6.91. The summed E-state index contributed by atoms with van der Waals surface area (Å²) in [5.41, 5.74) is 5.39. The van der Waals surface area contributed by atoms with Crippen molar-refractivity contribution in [2.45, 2.75) is 5.25 Å². The van der Waals surface area contributed by atoms with Gasteiger partial charge in [-0.15, -0.1) is 11.8 Å². The number of nitrogens with two attached hydrogens (primary N) is 1. The van der Waals surface area contributed by atoms with Crippen molar-refractivity contribution in [3.63, 3.8) is 0 Å². The number of rotatable bonds is 3. The molecule has 0 saturated carbocycles. The normalized spacial score (nSPS) is 24.9. The Kier molecular flexibility index (Phi) is 5.59. The van der Waals surface area contributed by atoms with E-state index < -0.39 is 13.2 Å². The Morgan fingerprint density at radius 2 is 2.50 bits per heavy atom. The first-order valence-electron chi connectivity index (χ1n) is 5.89. The van der Waals surface area contributed by atoms with Crippen molar-refractivity contribution in [1.29, 1.82) is 0 Å². The summed E-state index contributed by atoms with van der Waals surface area (Å²) < 4.78 is 17.4. The minimum atomic E-state index is -3.45. The Hall–Kier alpha value is -0.550. The standard InChI is InChI=1S/C9H12N5O5PS.Na.H/c10-9-12-7-6(8(15)13-9)11-3-14(7)18-1-5-2-19-20(16,17)4-21-5;;/h3,5H,1-2,4H2,(H,16,17)(H3,10,12,13,15);;/q;+1;-1. The molecule has 4 N–H and O–H groups in total. The number of thioether (sulfide) groups is 1. The maximum absolute atomic E-state index is 11.6. The van der Waals surface area contributed by atoms with Crippen LogP contribution >= 0.6 is 19.4 Å². The van der Waals surface area contributed by atoms with E-state index in [4.69, 9.17) is 15.1 Å². The summed E-state index contributed by atoms with van der Waals surface area (Å²) in [5.74, 6) is -0.0329. The number of hydrogen-bond acceptors (Lipinski definition) is 8. The number of nitrogen functional groups attached to an aromatic ring is 1. The summed E-state index contributed by atoms with van der Waals surface area (Å²) in [6.45, 7) is 0.325. The van der Waals surface area contributed by atoms with Gasteiger partial charge in [0, 0.05) is 0 Å². The number of aromatic amines is 1. The van der Waals surface area contributed by atoms with E-state index in [9.17, 15) is 14.3 Å². The van der Waals surface area contributed by atoms with E-state index in [1.807, 2.05) is 0 Å². The summed E-state index contributed by atoms with van der Waals surface area (Å²) in [7, 11) is -3.45. The van der Waals surface area contributed by atoms with Crippen molar-refractivity contribution in [3.8, 4) is 0 Å². The third-order valence-corrected chi connectivity index (χ3v) is 5.93. The van der Waals surface area contributed by atoms with Gasteiger partial charge >= 0.3 is 37.2 Å². The van der Waals surface area contributed by atoms with Gasteiger partial charge in [0.05, 0.1) is 17.4 Å². The molecule has 3 heterocycles. The van der Waals surface area contributed by atoms with Crippen molar-refractivity contribution in [3.05, 3.63) is 16.7 Å². The maximum Gasteiger partial charge on any atom is 1.00 e. The van der Waals surface area contributed by atoms with Crippen molar-refractivity contribution in [2.24, 2.45) is 0 Å². The third-order valence-electron chi connectivity index (χ3n) is 2.73. The first-order valence-corrected chi connectivity index (χ1v) is 8.70. The average Bonchev–Trinajstić information content (AvgIpc) is 2.81. The Labute approximate surface area is 152 Å². The quantitative estimate of drug-likeness (QED) is 0.376. The fourth-order valence-corrected chi connectivity index (χ4v) is 4.48. The number of H-pyrrole nitrogens is 1. The van der Waals surface area contributed by atoms with E-state index in [0.29, 0.717) is 0 Å². The fraction of sp³-hybridized carbons (Fsp3) is 0.444. The molecule has 2 atom stereocenters. The molecule has 1 fully saturated rings. The SMILES string of the molecule is Nc1nc2c(ncn2OCC2COP(=O)(O)CS2)c(=O)[nH]1.[H-].[Na+]. The van der Waals surface area contributed by atoms with Gasteiger partial charge in [-0.3, -0.25) is 14.3 Å². The maximum atomic E-state index is 11.6. The Morgan fingerprint density at radius 1 is 1.73 bits per heavy atom. The van der Waals surface area contributed by atoms with Crippen LogP contribution in [0.3, 0.4) is 0 Å². The second-order valence-electron chi connectivity index (χ2n) is 4.34. The summed E-state index contributed by atoms with van der Waals surface area (Å²) in [6, 6.07) is 0. The van der Waals surface area contributed by atoms with Crippen LogP contribution in [0.1, 0.15) is 1.43 Å². The third kappa shape index (κ3) is 3.85. The van der Waals surface area contributed by atoms with Gasteiger partial charge in [0.25, 0.3) is 5.56 Å². The minimum Gasteiger partial charge on any atom is -1.00 e. The smallest absolute Gasteiger partial charge is 1.00 e. The first kappa shape index (κ1) is 17.8. The molecule has 1 aliphatic rings. The molecule has 13 heteroatoms. The molecule has 0 aromatic carbocycles. The molecule has 2 unspecified atom stereocenters. The molecule has 0 spiro atoms.